The third kappa shape index (κ3) is 2.95. The molecule has 1 aliphatic carbocycles. The molecule has 0 aromatic heterocycles. The van der Waals surface area contributed by atoms with Crippen molar-refractivity contribution in [2.45, 2.75) is 30.6 Å². The van der Waals surface area contributed by atoms with Gasteiger partial charge in [-0.15, -0.1) is 0 Å². The molecule has 0 bridgehead atoms. The van der Waals surface area contributed by atoms with Crippen LogP contribution in [0.1, 0.15) is 24.8 Å². The van der Waals surface area contributed by atoms with Crippen molar-refractivity contribution >= 4 is 34.7 Å². The summed E-state index contributed by atoms with van der Waals surface area (Å²) in [5.74, 6) is -0.355. The second-order valence-electron chi connectivity index (χ2n) is 4.54. The van der Waals surface area contributed by atoms with Crippen molar-refractivity contribution in [3.05, 3.63) is 29.6 Å². The zero-order chi connectivity index (χ0) is 13.1. The van der Waals surface area contributed by atoms with Gasteiger partial charge in [-0.3, -0.25) is 0 Å². The van der Waals surface area contributed by atoms with E-state index in [2.05, 4.69) is 11.6 Å². The first-order chi connectivity index (χ1) is 8.61. The van der Waals surface area contributed by atoms with Crippen molar-refractivity contribution in [2.24, 2.45) is 5.73 Å². The van der Waals surface area contributed by atoms with E-state index in [1.54, 1.807) is 6.07 Å². The highest BCUT2D eigenvalue weighted by atomic mass is 32.2. The Hall–Kier alpha value is -0.810. The van der Waals surface area contributed by atoms with Crippen LogP contribution in [0, 0.1) is 5.82 Å². The fourth-order valence-corrected chi connectivity index (χ4v) is 3.40. The van der Waals surface area contributed by atoms with Crippen LogP contribution in [0.15, 0.2) is 18.2 Å². The van der Waals surface area contributed by atoms with Crippen molar-refractivity contribution in [1.82, 2.24) is 0 Å². The summed E-state index contributed by atoms with van der Waals surface area (Å²) in [5.41, 5.74) is 6.64. The molecule has 2 atom stereocenters. The van der Waals surface area contributed by atoms with E-state index in [-0.39, 0.29) is 10.8 Å². The molecular formula is C13H17FN2S2. The van der Waals surface area contributed by atoms with Crippen LogP contribution in [0.5, 0.6) is 0 Å². The Labute approximate surface area is 117 Å². The maximum Gasteiger partial charge on any atom is 0.135 e. The second-order valence-corrected chi connectivity index (χ2v) is 6.12. The molecule has 5 heteroatoms. The van der Waals surface area contributed by atoms with Crippen LogP contribution in [0.4, 0.5) is 10.1 Å². The number of nitrogens with two attached hydrogens (primary N) is 1. The monoisotopic (exact) mass is 284 g/mol. The molecule has 0 heterocycles. The van der Waals surface area contributed by atoms with Crippen molar-refractivity contribution < 1.29 is 4.39 Å². The molecule has 18 heavy (non-hydrogen) atoms. The molecule has 0 aliphatic heterocycles. The number of thioether (sulfide) groups is 1. The third-order valence-electron chi connectivity index (χ3n) is 3.34. The van der Waals surface area contributed by atoms with Crippen LogP contribution in [-0.2, 0) is 0 Å². The maximum atomic E-state index is 13.7. The normalized spacial score (nSPS) is 23.0. The van der Waals surface area contributed by atoms with E-state index in [0.29, 0.717) is 22.5 Å². The minimum Gasteiger partial charge on any atom is -0.389 e. The van der Waals surface area contributed by atoms with Gasteiger partial charge in [0.1, 0.15) is 10.8 Å². The van der Waals surface area contributed by atoms with E-state index in [0.717, 1.165) is 12.8 Å². The predicted molar refractivity (Wildman–Crippen MR) is 80.9 cm³/mol. The number of nitrogens with one attached hydrogen (secondary N) is 1. The molecule has 98 valence electrons. The molecular weight excluding hydrogens is 267 g/mol. The summed E-state index contributed by atoms with van der Waals surface area (Å²) in [6.07, 6.45) is 5.56. The van der Waals surface area contributed by atoms with Crippen molar-refractivity contribution in [3.63, 3.8) is 0 Å². The Morgan fingerprint density at radius 3 is 2.89 bits per heavy atom. The maximum absolute atomic E-state index is 13.7. The lowest BCUT2D eigenvalue weighted by atomic mass is 10.1. The van der Waals surface area contributed by atoms with Crippen molar-refractivity contribution in [2.75, 3.05) is 11.6 Å². The quantitative estimate of drug-likeness (QED) is 0.833. The number of anilines is 1. The van der Waals surface area contributed by atoms with Gasteiger partial charge in [0.25, 0.3) is 0 Å². The van der Waals surface area contributed by atoms with E-state index >= 15 is 0 Å². The largest absolute Gasteiger partial charge is 0.389 e. The van der Waals surface area contributed by atoms with Crippen LogP contribution in [0.2, 0.25) is 0 Å². The van der Waals surface area contributed by atoms with Crippen LogP contribution in [0.25, 0.3) is 0 Å². The summed E-state index contributed by atoms with van der Waals surface area (Å²) in [6, 6.07) is 5.29. The van der Waals surface area contributed by atoms with Gasteiger partial charge in [-0.1, -0.05) is 18.3 Å². The molecule has 1 aromatic carbocycles. The van der Waals surface area contributed by atoms with E-state index in [1.165, 1.54) is 12.5 Å². The third-order valence-corrected chi connectivity index (χ3v) is 4.64. The van der Waals surface area contributed by atoms with E-state index in [1.807, 2.05) is 17.8 Å². The van der Waals surface area contributed by atoms with Gasteiger partial charge in [-0.25, -0.2) is 4.39 Å². The molecule has 0 saturated heterocycles. The van der Waals surface area contributed by atoms with Gasteiger partial charge in [0.2, 0.25) is 0 Å². The molecule has 0 spiro atoms. The lowest BCUT2D eigenvalue weighted by Crippen LogP contribution is -2.21. The van der Waals surface area contributed by atoms with Crippen LogP contribution < -0.4 is 11.1 Å². The summed E-state index contributed by atoms with van der Waals surface area (Å²) in [4.78, 5) is 0.106. The first-order valence-corrected chi connectivity index (χ1v) is 7.69. The fraction of sp³-hybridized carbons (Fsp3) is 0.462. The van der Waals surface area contributed by atoms with Crippen LogP contribution >= 0.6 is 24.0 Å². The number of rotatable bonds is 4. The number of hydrogen-bond donors (Lipinski definition) is 2. The van der Waals surface area contributed by atoms with Gasteiger partial charge in [0.15, 0.2) is 0 Å². The standard InChI is InChI=1S/C13H17FN2S2/c1-18-9-6-5-8(7-9)16-11-4-2-3-10(14)12(11)13(15)17/h2-4,8-9,16H,5-7H2,1H3,(H2,15,17). The average Bonchev–Trinajstić information content (AvgIpc) is 2.76. The highest BCUT2D eigenvalue weighted by Gasteiger charge is 2.24. The van der Waals surface area contributed by atoms with E-state index < -0.39 is 0 Å². The highest BCUT2D eigenvalue weighted by molar-refractivity contribution is 7.99. The van der Waals surface area contributed by atoms with Gasteiger partial charge >= 0.3 is 0 Å². The van der Waals surface area contributed by atoms with Gasteiger partial charge in [0, 0.05) is 17.0 Å². The molecule has 2 nitrogen and oxygen atoms in total. The zero-order valence-electron chi connectivity index (χ0n) is 10.3. The summed E-state index contributed by atoms with van der Waals surface area (Å²) < 4.78 is 13.7. The molecule has 1 aliphatic rings. The molecule has 2 rings (SSSR count). The van der Waals surface area contributed by atoms with Gasteiger partial charge < -0.3 is 11.1 Å². The first kappa shape index (κ1) is 13.6. The van der Waals surface area contributed by atoms with Gasteiger partial charge in [-0.05, 0) is 37.7 Å². The van der Waals surface area contributed by atoms with Crippen LogP contribution in [-0.4, -0.2) is 22.5 Å². The Morgan fingerprint density at radius 1 is 1.50 bits per heavy atom. The lowest BCUT2D eigenvalue weighted by molar-refractivity contribution is 0.625. The topological polar surface area (TPSA) is 38.0 Å². The summed E-state index contributed by atoms with van der Waals surface area (Å²) in [6.45, 7) is 0. The zero-order valence-corrected chi connectivity index (χ0v) is 11.9. The molecule has 1 saturated carbocycles. The van der Waals surface area contributed by atoms with E-state index in [4.69, 9.17) is 18.0 Å². The summed E-state index contributed by atoms with van der Waals surface area (Å²) in [5, 5.41) is 4.07. The number of benzene rings is 1. The Morgan fingerprint density at radius 2 is 2.28 bits per heavy atom. The number of hydrogen-bond acceptors (Lipinski definition) is 3. The Bertz CT molecular complexity index is 451. The molecule has 2 unspecified atom stereocenters. The first-order valence-electron chi connectivity index (χ1n) is 5.99. The molecule has 1 aromatic rings. The molecule has 0 radical (unpaired) electrons. The number of thiocarbonyl (C=S) groups is 1. The Kier molecular flexibility index (Phi) is 4.45. The average molecular weight is 284 g/mol. The summed E-state index contributed by atoms with van der Waals surface area (Å²) in [7, 11) is 0. The van der Waals surface area contributed by atoms with Gasteiger partial charge in [0.05, 0.1) is 5.56 Å². The minimum atomic E-state index is -0.355. The summed E-state index contributed by atoms with van der Waals surface area (Å²) >= 11 is 6.81. The minimum absolute atomic E-state index is 0.106. The lowest BCUT2D eigenvalue weighted by Gasteiger charge is -2.17. The Balaban J connectivity index is 2.15. The molecule has 3 N–H and O–H groups in total. The van der Waals surface area contributed by atoms with Gasteiger partial charge in [-0.2, -0.15) is 11.8 Å². The van der Waals surface area contributed by atoms with Crippen molar-refractivity contribution in [3.8, 4) is 0 Å². The van der Waals surface area contributed by atoms with Crippen LogP contribution in [0.3, 0.4) is 0 Å². The second kappa shape index (κ2) is 5.89. The van der Waals surface area contributed by atoms with Crippen molar-refractivity contribution in [1.29, 1.82) is 0 Å². The SMILES string of the molecule is CSC1CCC(Nc2cccc(F)c2C(N)=S)C1. The van der Waals surface area contributed by atoms with E-state index in [9.17, 15) is 4.39 Å². The predicted octanol–water partition coefficient (Wildman–Crippen LogP) is 3.16. The molecule has 1 fully saturated rings. The fourth-order valence-electron chi connectivity index (χ4n) is 2.40. The molecule has 0 amide bonds. The smallest absolute Gasteiger partial charge is 0.135 e. The number of halogens is 1. The highest BCUT2D eigenvalue weighted by Crippen LogP contribution is 2.31.